The van der Waals surface area contributed by atoms with Crippen LogP contribution in [0.5, 0.6) is 5.75 Å². The third-order valence-electron chi connectivity index (χ3n) is 3.49. The number of hydrogen-bond donors (Lipinski definition) is 1. The number of carbonyl (C=O) groups is 1. The Balaban J connectivity index is 1.65. The van der Waals surface area contributed by atoms with Crippen LogP contribution >= 0.6 is 0 Å². The summed E-state index contributed by atoms with van der Waals surface area (Å²) < 4.78 is 18.5. The first-order valence-electron chi connectivity index (χ1n) is 6.67. The highest BCUT2D eigenvalue weighted by molar-refractivity contribution is 5.96. The molecule has 0 aromatic heterocycles. The maximum atomic E-state index is 13.1. The zero-order chi connectivity index (χ0) is 13.2. The van der Waals surface area contributed by atoms with Crippen LogP contribution in [-0.2, 0) is 4.79 Å². The summed E-state index contributed by atoms with van der Waals surface area (Å²) in [4.78, 5) is 13.8. The van der Waals surface area contributed by atoms with E-state index < -0.39 is 0 Å². The standard InChI is InChI=1S/C14H17FN2O2/c15-11-3-4-12-13(7-11)19-6-5-17(12)14(18)9-16-8-10-1-2-10/h3-4,7,10,16H,1-2,5-6,8-9H2. The third kappa shape index (κ3) is 2.87. The molecule has 1 aromatic rings. The summed E-state index contributed by atoms with van der Waals surface area (Å²) in [5, 5.41) is 3.18. The molecular formula is C14H17FN2O2. The van der Waals surface area contributed by atoms with Crippen molar-refractivity contribution in [1.82, 2.24) is 5.32 Å². The fourth-order valence-electron chi connectivity index (χ4n) is 2.25. The van der Waals surface area contributed by atoms with Crippen molar-refractivity contribution in [1.29, 1.82) is 0 Å². The van der Waals surface area contributed by atoms with Gasteiger partial charge < -0.3 is 15.0 Å². The van der Waals surface area contributed by atoms with Crippen LogP contribution in [0.3, 0.4) is 0 Å². The first-order chi connectivity index (χ1) is 9.24. The van der Waals surface area contributed by atoms with Crippen LogP contribution in [0, 0.1) is 11.7 Å². The second kappa shape index (κ2) is 5.17. The lowest BCUT2D eigenvalue weighted by atomic mass is 10.2. The van der Waals surface area contributed by atoms with Crippen molar-refractivity contribution >= 4 is 11.6 Å². The minimum Gasteiger partial charge on any atom is -0.489 e. The van der Waals surface area contributed by atoms with E-state index in [2.05, 4.69) is 5.32 Å². The number of hydrogen-bond acceptors (Lipinski definition) is 3. The predicted molar refractivity (Wildman–Crippen MR) is 69.8 cm³/mol. The largest absolute Gasteiger partial charge is 0.489 e. The first-order valence-corrected chi connectivity index (χ1v) is 6.67. The Morgan fingerprint density at radius 2 is 2.32 bits per heavy atom. The molecule has 1 heterocycles. The number of benzene rings is 1. The zero-order valence-electron chi connectivity index (χ0n) is 10.7. The number of nitrogens with one attached hydrogen (secondary N) is 1. The van der Waals surface area contributed by atoms with Gasteiger partial charge in [0.2, 0.25) is 5.91 Å². The SMILES string of the molecule is O=C(CNCC1CC1)N1CCOc2cc(F)ccc21. The summed E-state index contributed by atoms with van der Waals surface area (Å²) in [5.41, 5.74) is 0.658. The zero-order valence-corrected chi connectivity index (χ0v) is 10.7. The van der Waals surface area contributed by atoms with Gasteiger partial charge in [0.05, 0.1) is 18.8 Å². The molecule has 102 valence electrons. The molecule has 2 aliphatic rings. The van der Waals surface area contributed by atoms with Crippen molar-refractivity contribution < 1.29 is 13.9 Å². The fourth-order valence-corrected chi connectivity index (χ4v) is 2.25. The van der Waals surface area contributed by atoms with E-state index in [1.165, 1.54) is 25.0 Å². The number of ether oxygens (including phenoxy) is 1. The van der Waals surface area contributed by atoms with E-state index >= 15 is 0 Å². The molecule has 0 saturated heterocycles. The molecule has 3 rings (SSSR count). The monoisotopic (exact) mass is 264 g/mol. The van der Waals surface area contributed by atoms with Crippen molar-refractivity contribution in [2.45, 2.75) is 12.8 Å². The predicted octanol–water partition coefficient (Wildman–Crippen LogP) is 1.55. The van der Waals surface area contributed by atoms with Crippen LogP contribution < -0.4 is 15.0 Å². The number of fused-ring (bicyclic) bond motifs is 1. The van der Waals surface area contributed by atoms with Crippen molar-refractivity contribution in [3.8, 4) is 5.75 Å². The average Bonchev–Trinajstić information content (AvgIpc) is 3.21. The van der Waals surface area contributed by atoms with E-state index in [0.29, 0.717) is 31.1 Å². The van der Waals surface area contributed by atoms with Gasteiger partial charge >= 0.3 is 0 Å². The quantitative estimate of drug-likeness (QED) is 0.897. The highest BCUT2D eigenvalue weighted by atomic mass is 19.1. The number of amides is 1. The van der Waals surface area contributed by atoms with E-state index in [0.717, 1.165) is 12.5 Å². The highest BCUT2D eigenvalue weighted by Gasteiger charge is 2.25. The number of halogens is 1. The van der Waals surface area contributed by atoms with Crippen molar-refractivity contribution in [2.75, 3.05) is 31.1 Å². The summed E-state index contributed by atoms with van der Waals surface area (Å²) >= 11 is 0. The van der Waals surface area contributed by atoms with Crippen molar-refractivity contribution in [2.24, 2.45) is 5.92 Å². The topological polar surface area (TPSA) is 41.6 Å². The number of carbonyl (C=O) groups excluding carboxylic acids is 1. The maximum absolute atomic E-state index is 13.1. The van der Waals surface area contributed by atoms with Gasteiger partial charge in [-0.2, -0.15) is 0 Å². The molecule has 1 N–H and O–H groups in total. The second-order valence-electron chi connectivity index (χ2n) is 5.08. The van der Waals surface area contributed by atoms with Gasteiger partial charge in [-0.15, -0.1) is 0 Å². The summed E-state index contributed by atoms with van der Waals surface area (Å²) in [6.07, 6.45) is 2.53. The lowest BCUT2D eigenvalue weighted by Gasteiger charge is -2.29. The first kappa shape index (κ1) is 12.4. The second-order valence-corrected chi connectivity index (χ2v) is 5.08. The molecule has 1 aliphatic carbocycles. The Labute approximate surface area is 111 Å². The maximum Gasteiger partial charge on any atom is 0.241 e. The molecule has 0 bridgehead atoms. The number of anilines is 1. The van der Waals surface area contributed by atoms with Gasteiger partial charge in [-0.1, -0.05) is 0 Å². The van der Waals surface area contributed by atoms with E-state index in [4.69, 9.17) is 4.74 Å². The molecule has 1 aromatic carbocycles. The van der Waals surface area contributed by atoms with Crippen LogP contribution in [0.2, 0.25) is 0 Å². The molecule has 1 amide bonds. The molecular weight excluding hydrogens is 247 g/mol. The van der Waals surface area contributed by atoms with E-state index in [-0.39, 0.29) is 11.7 Å². The van der Waals surface area contributed by atoms with Gasteiger partial charge in [-0.25, -0.2) is 4.39 Å². The van der Waals surface area contributed by atoms with Gasteiger partial charge in [0, 0.05) is 6.07 Å². The average molecular weight is 264 g/mol. The molecule has 0 spiro atoms. The third-order valence-corrected chi connectivity index (χ3v) is 3.49. The molecule has 19 heavy (non-hydrogen) atoms. The summed E-state index contributed by atoms with van der Waals surface area (Å²) in [6.45, 7) is 2.16. The Morgan fingerprint density at radius 3 is 3.11 bits per heavy atom. The molecule has 1 fully saturated rings. The van der Waals surface area contributed by atoms with Crippen LogP contribution in [0.15, 0.2) is 18.2 Å². The van der Waals surface area contributed by atoms with Gasteiger partial charge in [-0.05, 0) is 37.4 Å². The van der Waals surface area contributed by atoms with Crippen molar-refractivity contribution in [3.05, 3.63) is 24.0 Å². The normalized spacial score (nSPS) is 17.8. The minimum atomic E-state index is -0.347. The lowest BCUT2D eigenvalue weighted by Crippen LogP contribution is -2.43. The van der Waals surface area contributed by atoms with Gasteiger partial charge in [0.15, 0.2) is 0 Å². The lowest BCUT2D eigenvalue weighted by molar-refractivity contribution is -0.118. The van der Waals surface area contributed by atoms with Gasteiger partial charge in [-0.3, -0.25) is 4.79 Å². The Kier molecular flexibility index (Phi) is 3.38. The van der Waals surface area contributed by atoms with E-state index in [1.54, 1.807) is 11.0 Å². The molecule has 0 atom stereocenters. The fraction of sp³-hybridized carbons (Fsp3) is 0.500. The number of rotatable bonds is 4. The molecule has 0 unspecified atom stereocenters. The van der Waals surface area contributed by atoms with E-state index in [1.807, 2.05) is 0 Å². The Bertz CT molecular complexity index is 488. The summed E-state index contributed by atoms with van der Waals surface area (Å²) in [5.74, 6) is 0.859. The van der Waals surface area contributed by atoms with Crippen LogP contribution in [0.25, 0.3) is 0 Å². The Morgan fingerprint density at radius 1 is 1.47 bits per heavy atom. The molecule has 1 saturated carbocycles. The van der Waals surface area contributed by atoms with E-state index in [9.17, 15) is 9.18 Å². The van der Waals surface area contributed by atoms with Crippen LogP contribution in [0.4, 0.5) is 10.1 Å². The highest BCUT2D eigenvalue weighted by Crippen LogP contribution is 2.32. The van der Waals surface area contributed by atoms with Crippen molar-refractivity contribution in [3.63, 3.8) is 0 Å². The molecule has 4 nitrogen and oxygen atoms in total. The Hall–Kier alpha value is -1.62. The van der Waals surface area contributed by atoms with Crippen LogP contribution in [-0.4, -0.2) is 32.1 Å². The van der Waals surface area contributed by atoms with Crippen LogP contribution in [0.1, 0.15) is 12.8 Å². The minimum absolute atomic E-state index is 0.0109. The smallest absolute Gasteiger partial charge is 0.241 e. The molecule has 5 heteroatoms. The van der Waals surface area contributed by atoms with Gasteiger partial charge in [0.1, 0.15) is 18.2 Å². The van der Waals surface area contributed by atoms with Gasteiger partial charge in [0.25, 0.3) is 0 Å². The summed E-state index contributed by atoms with van der Waals surface area (Å²) in [7, 11) is 0. The molecule has 0 radical (unpaired) electrons. The molecule has 1 aliphatic heterocycles. The summed E-state index contributed by atoms with van der Waals surface area (Å²) in [6, 6.07) is 4.28. The number of nitrogens with zero attached hydrogens (tertiary/aromatic N) is 1.